The first-order valence-corrected chi connectivity index (χ1v) is 12.8. The Labute approximate surface area is 181 Å². The van der Waals surface area contributed by atoms with Crippen molar-refractivity contribution in [2.45, 2.75) is 70.6 Å². The number of hydrogen-bond donors (Lipinski definition) is 2. The van der Waals surface area contributed by atoms with Gasteiger partial charge in [-0.1, -0.05) is 18.6 Å². The Morgan fingerprint density at radius 1 is 1.17 bits per heavy atom. The summed E-state index contributed by atoms with van der Waals surface area (Å²) in [6.07, 6.45) is 8.06. The molecule has 2 fully saturated rings. The van der Waals surface area contributed by atoms with Crippen molar-refractivity contribution in [3.63, 3.8) is 0 Å². The van der Waals surface area contributed by atoms with E-state index in [4.69, 9.17) is 4.74 Å². The van der Waals surface area contributed by atoms with Crippen LogP contribution in [0.2, 0.25) is 0 Å². The topological polar surface area (TPSA) is 83.0 Å². The van der Waals surface area contributed by atoms with Crippen LogP contribution in [0.1, 0.15) is 57.4 Å². The average molecular weight is 437 g/mol. The monoisotopic (exact) mass is 436 g/mol. The highest BCUT2D eigenvalue weighted by Gasteiger charge is 2.27. The fourth-order valence-electron chi connectivity index (χ4n) is 4.14. The van der Waals surface area contributed by atoms with Crippen LogP contribution in [-0.4, -0.2) is 56.7 Å². The van der Waals surface area contributed by atoms with Crippen molar-refractivity contribution >= 4 is 16.0 Å². The maximum Gasteiger partial charge on any atom is 0.213 e. The number of rotatable bonds is 7. The zero-order chi connectivity index (χ0) is 21.4. The smallest absolute Gasteiger partial charge is 0.213 e. The van der Waals surface area contributed by atoms with Crippen LogP contribution in [-0.2, 0) is 16.6 Å². The van der Waals surface area contributed by atoms with Gasteiger partial charge in [0.2, 0.25) is 10.0 Å². The van der Waals surface area contributed by atoms with Crippen LogP contribution < -0.4 is 15.4 Å². The lowest BCUT2D eigenvalue weighted by Gasteiger charge is -2.32. The molecule has 0 aromatic heterocycles. The molecule has 2 aliphatic rings. The number of aliphatic imine (C=N–C) groups is 1. The van der Waals surface area contributed by atoms with Crippen molar-refractivity contribution in [1.82, 2.24) is 14.9 Å². The van der Waals surface area contributed by atoms with Gasteiger partial charge in [-0.3, -0.25) is 4.99 Å². The minimum Gasteiger partial charge on any atom is -0.490 e. The van der Waals surface area contributed by atoms with Crippen molar-refractivity contribution in [2.75, 3.05) is 25.9 Å². The highest BCUT2D eigenvalue weighted by molar-refractivity contribution is 7.89. The normalized spacial score (nSPS) is 20.1. The zero-order valence-corrected chi connectivity index (χ0v) is 19.1. The Kier molecular flexibility index (Phi) is 8.39. The third kappa shape index (κ3) is 6.60. The Morgan fingerprint density at radius 3 is 2.57 bits per heavy atom. The molecule has 1 aliphatic heterocycles. The van der Waals surface area contributed by atoms with Crippen LogP contribution in [0, 0.1) is 0 Å². The predicted octanol–water partition coefficient (Wildman–Crippen LogP) is 2.88. The fourth-order valence-corrected chi connectivity index (χ4v) is 5.27. The van der Waals surface area contributed by atoms with E-state index in [0.717, 1.165) is 43.0 Å². The lowest BCUT2D eigenvalue weighted by molar-refractivity contribution is 0.155. The van der Waals surface area contributed by atoms with Crippen molar-refractivity contribution in [3.05, 3.63) is 29.8 Å². The minimum absolute atomic E-state index is 0.165. The lowest BCUT2D eigenvalue weighted by Crippen LogP contribution is -2.49. The number of guanidine groups is 1. The fraction of sp³-hybridized carbons (Fsp3) is 0.682. The molecule has 1 saturated carbocycles. The molecule has 0 atom stereocenters. The van der Waals surface area contributed by atoms with Gasteiger partial charge in [-0.2, -0.15) is 0 Å². The molecule has 0 radical (unpaired) electrons. The van der Waals surface area contributed by atoms with E-state index in [9.17, 15) is 8.42 Å². The van der Waals surface area contributed by atoms with Gasteiger partial charge in [0.05, 0.1) is 11.9 Å². The van der Waals surface area contributed by atoms with Gasteiger partial charge < -0.3 is 15.4 Å². The second-order valence-electron chi connectivity index (χ2n) is 8.17. The molecule has 7 nitrogen and oxygen atoms in total. The van der Waals surface area contributed by atoms with Crippen LogP contribution in [0.15, 0.2) is 29.3 Å². The average Bonchev–Trinajstić information content (AvgIpc) is 2.78. The first-order valence-electron chi connectivity index (χ1n) is 11.2. The van der Waals surface area contributed by atoms with Crippen molar-refractivity contribution in [2.24, 2.45) is 4.99 Å². The summed E-state index contributed by atoms with van der Waals surface area (Å²) in [6.45, 7) is 3.47. The predicted molar refractivity (Wildman–Crippen MR) is 121 cm³/mol. The molecule has 1 heterocycles. The molecule has 1 aromatic rings. The first-order chi connectivity index (χ1) is 14.5. The second-order valence-corrected chi connectivity index (χ2v) is 10.4. The van der Waals surface area contributed by atoms with E-state index in [2.05, 4.69) is 27.8 Å². The molecule has 1 aliphatic carbocycles. The van der Waals surface area contributed by atoms with Crippen LogP contribution in [0.5, 0.6) is 5.75 Å². The molecule has 0 amide bonds. The highest BCUT2D eigenvalue weighted by atomic mass is 32.2. The summed E-state index contributed by atoms with van der Waals surface area (Å²) in [4.78, 5) is 4.33. The third-order valence-electron chi connectivity index (χ3n) is 5.99. The van der Waals surface area contributed by atoms with Gasteiger partial charge in [-0.25, -0.2) is 12.7 Å². The minimum atomic E-state index is -3.09. The summed E-state index contributed by atoms with van der Waals surface area (Å²) >= 11 is 0. The summed E-state index contributed by atoms with van der Waals surface area (Å²) in [5.41, 5.74) is 1.15. The second kappa shape index (κ2) is 11.0. The Hall–Kier alpha value is -1.80. The summed E-state index contributed by atoms with van der Waals surface area (Å²) in [7, 11) is -1.33. The Morgan fingerprint density at radius 2 is 1.90 bits per heavy atom. The van der Waals surface area contributed by atoms with Gasteiger partial charge in [0.25, 0.3) is 0 Å². The summed E-state index contributed by atoms with van der Waals surface area (Å²) in [5, 5.41) is 6.80. The third-order valence-corrected chi connectivity index (χ3v) is 7.87. The number of piperidine rings is 1. The molecule has 3 rings (SSSR count). The number of nitrogens with zero attached hydrogens (tertiary/aromatic N) is 2. The van der Waals surface area contributed by atoms with Gasteiger partial charge in [0.1, 0.15) is 5.75 Å². The summed E-state index contributed by atoms with van der Waals surface area (Å²) in [5.74, 6) is 1.84. The molecule has 8 heteroatoms. The van der Waals surface area contributed by atoms with Crippen LogP contribution in [0.4, 0.5) is 0 Å². The molecule has 0 spiro atoms. The van der Waals surface area contributed by atoms with Crippen LogP contribution >= 0.6 is 0 Å². The van der Waals surface area contributed by atoms with Gasteiger partial charge in [0.15, 0.2) is 5.96 Å². The van der Waals surface area contributed by atoms with Gasteiger partial charge in [-0.05, 0) is 63.1 Å². The van der Waals surface area contributed by atoms with Crippen LogP contribution in [0.25, 0.3) is 0 Å². The van der Waals surface area contributed by atoms with E-state index in [1.54, 1.807) is 18.3 Å². The number of nitrogens with one attached hydrogen (secondary N) is 2. The number of hydrogen-bond acceptors (Lipinski definition) is 4. The largest absolute Gasteiger partial charge is 0.490 e. The van der Waals surface area contributed by atoms with Gasteiger partial charge in [-0.15, -0.1) is 0 Å². The SMILES string of the molecule is CCS(=O)(=O)N1CCC(NC(=NC)NCc2cccc(OC3CCCCC3)c2)CC1. The van der Waals surface area contributed by atoms with E-state index in [-0.39, 0.29) is 11.8 Å². The van der Waals surface area contributed by atoms with Crippen molar-refractivity contribution < 1.29 is 13.2 Å². The molecule has 1 saturated heterocycles. The number of benzene rings is 1. The molecule has 0 unspecified atom stereocenters. The molecule has 0 bridgehead atoms. The number of ether oxygens (including phenoxy) is 1. The van der Waals surface area contributed by atoms with Gasteiger partial charge in [0, 0.05) is 32.7 Å². The zero-order valence-electron chi connectivity index (χ0n) is 18.3. The quantitative estimate of drug-likeness (QED) is 0.507. The maximum atomic E-state index is 12.0. The van der Waals surface area contributed by atoms with E-state index < -0.39 is 10.0 Å². The summed E-state index contributed by atoms with van der Waals surface area (Å²) in [6, 6.07) is 8.48. The maximum absolute atomic E-state index is 12.0. The van der Waals surface area contributed by atoms with E-state index in [1.165, 1.54) is 19.3 Å². The van der Waals surface area contributed by atoms with E-state index >= 15 is 0 Å². The standard InChI is InChI=1S/C22H36N4O3S/c1-3-30(27,28)26-14-12-19(13-15-26)25-22(23-2)24-17-18-8-7-11-21(16-18)29-20-9-5-4-6-10-20/h7-8,11,16,19-20H,3-6,9-10,12-15,17H2,1-2H3,(H2,23,24,25). The van der Waals surface area contributed by atoms with Crippen molar-refractivity contribution in [3.8, 4) is 5.75 Å². The molecule has 1 aromatic carbocycles. The lowest BCUT2D eigenvalue weighted by atomic mass is 9.98. The molecule has 2 N–H and O–H groups in total. The van der Waals surface area contributed by atoms with E-state index in [1.807, 2.05) is 12.1 Å². The highest BCUT2D eigenvalue weighted by Crippen LogP contribution is 2.24. The Balaban J connectivity index is 1.46. The molecule has 168 valence electrons. The molecule has 30 heavy (non-hydrogen) atoms. The van der Waals surface area contributed by atoms with Crippen LogP contribution in [0.3, 0.4) is 0 Å². The molecular weight excluding hydrogens is 400 g/mol. The summed E-state index contributed by atoms with van der Waals surface area (Å²) < 4.78 is 31.8. The van der Waals surface area contributed by atoms with Crippen molar-refractivity contribution in [1.29, 1.82) is 0 Å². The molecular formula is C22H36N4O3S. The van der Waals surface area contributed by atoms with Gasteiger partial charge >= 0.3 is 0 Å². The Bertz CT molecular complexity index is 798. The first kappa shape index (κ1) is 22.9. The van der Waals surface area contributed by atoms with E-state index in [0.29, 0.717) is 25.7 Å². The number of sulfonamides is 1.